The highest BCUT2D eigenvalue weighted by Gasteiger charge is 2.11. The van der Waals surface area contributed by atoms with Gasteiger partial charge in [-0.3, -0.25) is 5.10 Å². The molecule has 0 unspecified atom stereocenters. The second-order valence-electron chi connectivity index (χ2n) is 3.53. The standard InChI is InChI=1S/C12H8FN3O/c13-9-4-2-1-3-8(9)11-7-12(17-16-11)10-5-6-14-15-10/h1-7H,(H,14,15). The van der Waals surface area contributed by atoms with Gasteiger partial charge in [0.15, 0.2) is 5.76 Å². The molecule has 0 bridgehead atoms. The SMILES string of the molecule is Fc1ccccc1-c1cc(-c2ccn[nH]2)on1. The first-order valence-electron chi connectivity index (χ1n) is 5.06. The quantitative estimate of drug-likeness (QED) is 0.735. The molecule has 0 radical (unpaired) electrons. The normalized spacial score (nSPS) is 10.6. The number of hydrogen-bond acceptors (Lipinski definition) is 3. The lowest BCUT2D eigenvalue weighted by Crippen LogP contribution is -1.82. The van der Waals surface area contributed by atoms with Gasteiger partial charge in [-0.25, -0.2) is 4.39 Å². The summed E-state index contributed by atoms with van der Waals surface area (Å²) in [6.45, 7) is 0. The van der Waals surface area contributed by atoms with E-state index in [9.17, 15) is 4.39 Å². The number of H-pyrrole nitrogens is 1. The van der Waals surface area contributed by atoms with Crippen molar-refractivity contribution in [3.05, 3.63) is 48.4 Å². The third kappa shape index (κ3) is 1.71. The van der Waals surface area contributed by atoms with Crippen molar-refractivity contribution in [3.63, 3.8) is 0 Å². The molecule has 0 saturated carbocycles. The van der Waals surface area contributed by atoms with Crippen molar-refractivity contribution in [2.24, 2.45) is 0 Å². The van der Waals surface area contributed by atoms with Gasteiger partial charge in [-0.05, 0) is 18.2 Å². The number of hydrogen-bond donors (Lipinski definition) is 1. The first kappa shape index (κ1) is 9.77. The fourth-order valence-corrected chi connectivity index (χ4v) is 1.59. The van der Waals surface area contributed by atoms with Gasteiger partial charge in [0.25, 0.3) is 0 Å². The van der Waals surface area contributed by atoms with Gasteiger partial charge in [0.2, 0.25) is 0 Å². The van der Waals surface area contributed by atoms with Crippen LogP contribution in [-0.4, -0.2) is 15.4 Å². The van der Waals surface area contributed by atoms with E-state index >= 15 is 0 Å². The summed E-state index contributed by atoms with van der Waals surface area (Å²) in [5.74, 6) is 0.206. The maximum atomic E-state index is 13.5. The predicted octanol–water partition coefficient (Wildman–Crippen LogP) is 2.87. The summed E-state index contributed by atoms with van der Waals surface area (Å²) in [5, 5.41) is 10.4. The lowest BCUT2D eigenvalue weighted by atomic mass is 10.1. The van der Waals surface area contributed by atoms with E-state index in [-0.39, 0.29) is 5.82 Å². The maximum absolute atomic E-state index is 13.5. The van der Waals surface area contributed by atoms with Crippen LogP contribution >= 0.6 is 0 Å². The lowest BCUT2D eigenvalue weighted by molar-refractivity contribution is 0.433. The van der Waals surface area contributed by atoms with E-state index in [4.69, 9.17) is 4.52 Å². The van der Waals surface area contributed by atoms with Crippen molar-refractivity contribution in [1.29, 1.82) is 0 Å². The monoisotopic (exact) mass is 229 g/mol. The second-order valence-corrected chi connectivity index (χ2v) is 3.53. The van der Waals surface area contributed by atoms with E-state index in [0.717, 1.165) is 0 Å². The van der Waals surface area contributed by atoms with E-state index in [1.54, 1.807) is 36.5 Å². The average molecular weight is 229 g/mol. The van der Waals surface area contributed by atoms with E-state index in [1.807, 2.05) is 0 Å². The van der Waals surface area contributed by atoms with E-state index in [2.05, 4.69) is 15.4 Å². The number of aromatic amines is 1. The van der Waals surface area contributed by atoms with Crippen LogP contribution in [-0.2, 0) is 0 Å². The van der Waals surface area contributed by atoms with E-state index < -0.39 is 0 Å². The van der Waals surface area contributed by atoms with Crippen LogP contribution in [0.4, 0.5) is 4.39 Å². The Morgan fingerprint density at radius 1 is 1.18 bits per heavy atom. The molecule has 17 heavy (non-hydrogen) atoms. The number of benzene rings is 1. The summed E-state index contributed by atoms with van der Waals surface area (Å²) in [5.41, 5.74) is 1.59. The van der Waals surface area contributed by atoms with Gasteiger partial charge in [0.1, 0.15) is 17.2 Å². The smallest absolute Gasteiger partial charge is 0.185 e. The second kappa shape index (κ2) is 3.86. The van der Waals surface area contributed by atoms with Gasteiger partial charge in [-0.15, -0.1) is 0 Å². The van der Waals surface area contributed by atoms with Crippen LogP contribution in [0.1, 0.15) is 0 Å². The average Bonchev–Trinajstić information content (AvgIpc) is 3.00. The Hall–Kier alpha value is -2.43. The van der Waals surface area contributed by atoms with Crippen molar-refractivity contribution in [3.8, 4) is 22.7 Å². The molecule has 0 aliphatic rings. The molecule has 5 heteroatoms. The van der Waals surface area contributed by atoms with Crippen LogP contribution in [0, 0.1) is 5.82 Å². The Labute approximate surface area is 96.1 Å². The third-order valence-corrected chi connectivity index (χ3v) is 2.43. The van der Waals surface area contributed by atoms with Gasteiger partial charge in [0, 0.05) is 17.8 Å². The minimum atomic E-state index is -0.322. The zero-order chi connectivity index (χ0) is 11.7. The fourth-order valence-electron chi connectivity index (χ4n) is 1.59. The molecule has 1 N–H and O–H groups in total. The molecule has 0 spiro atoms. The van der Waals surface area contributed by atoms with Crippen molar-refractivity contribution in [2.75, 3.05) is 0 Å². The maximum Gasteiger partial charge on any atom is 0.185 e. The molecule has 2 heterocycles. The molecule has 3 rings (SSSR count). The topological polar surface area (TPSA) is 54.7 Å². The molecule has 2 aromatic heterocycles. The minimum Gasteiger partial charge on any atom is -0.354 e. The molecule has 0 saturated heterocycles. The molecule has 3 aromatic rings. The molecule has 0 fully saturated rings. The Morgan fingerprint density at radius 3 is 2.82 bits per heavy atom. The lowest BCUT2D eigenvalue weighted by Gasteiger charge is -1.95. The molecular formula is C12H8FN3O. The van der Waals surface area contributed by atoms with Crippen LogP contribution in [0.2, 0.25) is 0 Å². The Morgan fingerprint density at radius 2 is 2.06 bits per heavy atom. The predicted molar refractivity (Wildman–Crippen MR) is 59.5 cm³/mol. The molecule has 0 aliphatic heterocycles. The van der Waals surface area contributed by atoms with Crippen LogP contribution in [0.3, 0.4) is 0 Å². The van der Waals surface area contributed by atoms with Crippen molar-refractivity contribution >= 4 is 0 Å². The van der Waals surface area contributed by atoms with Crippen molar-refractivity contribution in [2.45, 2.75) is 0 Å². The molecule has 0 amide bonds. The Balaban J connectivity index is 2.04. The van der Waals surface area contributed by atoms with Gasteiger partial charge < -0.3 is 4.52 Å². The number of aromatic nitrogens is 3. The summed E-state index contributed by atoms with van der Waals surface area (Å²) in [6, 6.07) is 9.86. The molecule has 1 aromatic carbocycles. The molecule has 84 valence electrons. The summed E-state index contributed by atoms with van der Waals surface area (Å²) in [7, 11) is 0. The first-order chi connectivity index (χ1) is 8.34. The highest BCUT2D eigenvalue weighted by atomic mass is 19.1. The third-order valence-electron chi connectivity index (χ3n) is 2.43. The van der Waals surface area contributed by atoms with Gasteiger partial charge in [0.05, 0.1) is 0 Å². The Kier molecular flexibility index (Phi) is 2.22. The summed E-state index contributed by atoms with van der Waals surface area (Å²) >= 11 is 0. The minimum absolute atomic E-state index is 0.322. The highest BCUT2D eigenvalue weighted by molar-refractivity contribution is 5.65. The van der Waals surface area contributed by atoms with Crippen LogP contribution in [0.5, 0.6) is 0 Å². The van der Waals surface area contributed by atoms with E-state index in [0.29, 0.717) is 22.7 Å². The van der Waals surface area contributed by atoms with Gasteiger partial charge in [-0.1, -0.05) is 17.3 Å². The van der Waals surface area contributed by atoms with Crippen LogP contribution in [0.15, 0.2) is 47.1 Å². The zero-order valence-corrected chi connectivity index (χ0v) is 8.72. The fraction of sp³-hybridized carbons (Fsp3) is 0. The number of nitrogens with zero attached hydrogens (tertiary/aromatic N) is 2. The molecule has 4 nitrogen and oxygen atoms in total. The van der Waals surface area contributed by atoms with Crippen molar-refractivity contribution < 1.29 is 8.91 Å². The first-order valence-corrected chi connectivity index (χ1v) is 5.06. The Bertz CT molecular complexity index is 631. The summed E-state index contributed by atoms with van der Waals surface area (Å²) in [6.07, 6.45) is 1.61. The number of halogens is 1. The summed E-state index contributed by atoms with van der Waals surface area (Å²) in [4.78, 5) is 0. The molecular weight excluding hydrogens is 221 g/mol. The number of nitrogens with one attached hydrogen (secondary N) is 1. The van der Waals surface area contributed by atoms with Crippen LogP contribution < -0.4 is 0 Å². The van der Waals surface area contributed by atoms with E-state index in [1.165, 1.54) is 6.07 Å². The van der Waals surface area contributed by atoms with Gasteiger partial charge >= 0.3 is 0 Å². The summed E-state index contributed by atoms with van der Waals surface area (Å²) < 4.78 is 18.7. The van der Waals surface area contributed by atoms with Crippen LogP contribution in [0.25, 0.3) is 22.7 Å². The number of rotatable bonds is 2. The largest absolute Gasteiger partial charge is 0.354 e. The van der Waals surface area contributed by atoms with Crippen molar-refractivity contribution in [1.82, 2.24) is 15.4 Å². The molecule has 0 atom stereocenters. The highest BCUT2D eigenvalue weighted by Crippen LogP contribution is 2.26. The molecule has 0 aliphatic carbocycles. The van der Waals surface area contributed by atoms with Gasteiger partial charge in [-0.2, -0.15) is 5.10 Å². The zero-order valence-electron chi connectivity index (χ0n) is 8.72.